The molecule has 2 amide bonds. The van der Waals surface area contributed by atoms with Crippen molar-refractivity contribution in [3.8, 4) is 0 Å². The Labute approximate surface area is 158 Å². The molecule has 1 saturated carbocycles. The molecule has 1 aliphatic heterocycles. The van der Waals surface area contributed by atoms with Gasteiger partial charge in [-0.15, -0.1) is 0 Å². The van der Waals surface area contributed by atoms with Gasteiger partial charge in [0.1, 0.15) is 11.4 Å². The Balaban J connectivity index is 1.46. The summed E-state index contributed by atoms with van der Waals surface area (Å²) in [6, 6.07) is 16.0. The number of nitrogens with zero attached hydrogens (tertiary/aromatic N) is 1. The van der Waals surface area contributed by atoms with E-state index in [1.54, 1.807) is 12.1 Å². The summed E-state index contributed by atoms with van der Waals surface area (Å²) in [5.74, 6) is -1.12. The molecule has 0 saturated heterocycles. The lowest BCUT2D eigenvalue weighted by molar-refractivity contribution is -0.121. The van der Waals surface area contributed by atoms with Gasteiger partial charge in [-0.3, -0.25) is 9.59 Å². The largest absolute Gasteiger partial charge is 0.354 e. The van der Waals surface area contributed by atoms with Crippen molar-refractivity contribution in [2.24, 2.45) is 0 Å². The smallest absolute Gasteiger partial charge is 0.269 e. The van der Waals surface area contributed by atoms with E-state index in [-0.39, 0.29) is 15.9 Å². The number of carbonyl (C=O) groups is 2. The maximum absolute atomic E-state index is 12.5. The Hall–Kier alpha value is -2.67. The Morgan fingerprint density at radius 2 is 1.70 bits per heavy atom. The van der Waals surface area contributed by atoms with Crippen molar-refractivity contribution in [1.82, 2.24) is 9.62 Å². The standard InChI is InChI=1S/C20H20N2O4S/c23-18(21-14-20(11-6-12-20)15-7-2-1-3-8-15)13-22-19(24)16-9-4-5-10-17(16)27(22,25)26/h1-5,7-10H,6,11-14H2,(H,21,23). The van der Waals surface area contributed by atoms with Crippen LogP contribution in [0.3, 0.4) is 0 Å². The maximum atomic E-state index is 12.5. The van der Waals surface area contributed by atoms with Gasteiger partial charge in [-0.05, 0) is 30.5 Å². The van der Waals surface area contributed by atoms with E-state index in [9.17, 15) is 18.0 Å². The average molecular weight is 384 g/mol. The summed E-state index contributed by atoms with van der Waals surface area (Å²) >= 11 is 0. The first-order chi connectivity index (χ1) is 12.9. The van der Waals surface area contributed by atoms with Crippen LogP contribution < -0.4 is 5.32 Å². The van der Waals surface area contributed by atoms with Gasteiger partial charge < -0.3 is 5.32 Å². The summed E-state index contributed by atoms with van der Waals surface area (Å²) in [4.78, 5) is 24.8. The molecule has 0 radical (unpaired) electrons. The molecule has 0 unspecified atom stereocenters. The highest BCUT2D eigenvalue weighted by atomic mass is 32.2. The fourth-order valence-electron chi connectivity index (χ4n) is 3.80. The minimum atomic E-state index is -3.97. The molecule has 1 heterocycles. The molecule has 2 aromatic carbocycles. The van der Waals surface area contributed by atoms with Gasteiger partial charge in [0, 0.05) is 12.0 Å². The van der Waals surface area contributed by atoms with Crippen molar-refractivity contribution in [2.75, 3.05) is 13.1 Å². The highest BCUT2D eigenvalue weighted by Crippen LogP contribution is 2.43. The van der Waals surface area contributed by atoms with Gasteiger partial charge in [-0.1, -0.05) is 48.9 Å². The molecular weight excluding hydrogens is 364 g/mol. The minimum absolute atomic E-state index is 0.0393. The zero-order chi connectivity index (χ0) is 19.1. The first-order valence-corrected chi connectivity index (χ1v) is 10.4. The van der Waals surface area contributed by atoms with E-state index in [1.807, 2.05) is 18.2 Å². The van der Waals surface area contributed by atoms with Gasteiger partial charge in [0.2, 0.25) is 5.91 Å². The minimum Gasteiger partial charge on any atom is -0.354 e. The molecule has 27 heavy (non-hydrogen) atoms. The molecule has 4 rings (SSSR count). The average Bonchev–Trinajstić information content (AvgIpc) is 2.83. The van der Waals surface area contributed by atoms with Crippen molar-refractivity contribution >= 4 is 21.8 Å². The number of rotatable bonds is 5. The third-order valence-corrected chi connectivity index (χ3v) is 7.31. The maximum Gasteiger partial charge on any atom is 0.269 e. The highest BCUT2D eigenvalue weighted by molar-refractivity contribution is 7.90. The number of benzene rings is 2. The predicted molar refractivity (Wildman–Crippen MR) is 99.6 cm³/mol. The van der Waals surface area contributed by atoms with Crippen LogP contribution in [0.4, 0.5) is 0 Å². The third-order valence-electron chi connectivity index (χ3n) is 5.52. The van der Waals surface area contributed by atoms with E-state index < -0.39 is 28.4 Å². The number of carbonyl (C=O) groups excluding carboxylic acids is 2. The first kappa shape index (κ1) is 17.7. The molecular formula is C20H20N2O4S. The monoisotopic (exact) mass is 384 g/mol. The predicted octanol–water partition coefficient (Wildman–Crippen LogP) is 2.07. The van der Waals surface area contributed by atoms with E-state index in [0.29, 0.717) is 10.8 Å². The van der Waals surface area contributed by atoms with Crippen LogP contribution >= 0.6 is 0 Å². The van der Waals surface area contributed by atoms with Crippen molar-refractivity contribution in [2.45, 2.75) is 29.6 Å². The number of fused-ring (bicyclic) bond motifs is 1. The molecule has 1 aliphatic carbocycles. The van der Waals surface area contributed by atoms with E-state index >= 15 is 0 Å². The first-order valence-electron chi connectivity index (χ1n) is 8.92. The number of sulfonamides is 1. The van der Waals surface area contributed by atoms with Gasteiger partial charge in [0.05, 0.1) is 5.56 Å². The second-order valence-corrected chi connectivity index (χ2v) is 8.92. The third kappa shape index (κ3) is 2.92. The normalized spacial score (nSPS) is 19.3. The van der Waals surface area contributed by atoms with Crippen LogP contribution in [0.1, 0.15) is 35.2 Å². The SMILES string of the molecule is O=C(CN1C(=O)c2ccccc2S1(=O)=O)NCC1(c2ccccc2)CCC1. The van der Waals surface area contributed by atoms with Gasteiger partial charge in [-0.2, -0.15) is 0 Å². The summed E-state index contributed by atoms with van der Waals surface area (Å²) in [6.07, 6.45) is 3.05. The Morgan fingerprint density at radius 3 is 2.33 bits per heavy atom. The van der Waals surface area contributed by atoms with Crippen molar-refractivity contribution in [3.63, 3.8) is 0 Å². The number of hydrogen-bond acceptors (Lipinski definition) is 4. The second-order valence-electron chi connectivity index (χ2n) is 7.09. The molecule has 1 fully saturated rings. The van der Waals surface area contributed by atoms with Crippen LogP contribution in [0, 0.1) is 0 Å². The number of amides is 2. The van der Waals surface area contributed by atoms with Crippen molar-refractivity contribution < 1.29 is 18.0 Å². The molecule has 0 spiro atoms. The molecule has 1 N–H and O–H groups in total. The summed E-state index contributed by atoms with van der Waals surface area (Å²) in [7, 11) is -3.97. The lowest BCUT2D eigenvalue weighted by Gasteiger charge is -2.42. The zero-order valence-electron chi connectivity index (χ0n) is 14.7. The van der Waals surface area contributed by atoms with Crippen molar-refractivity contribution in [1.29, 1.82) is 0 Å². The van der Waals surface area contributed by atoms with E-state index in [2.05, 4.69) is 17.4 Å². The highest BCUT2D eigenvalue weighted by Gasteiger charge is 2.43. The summed E-state index contributed by atoms with van der Waals surface area (Å²) in [5.41, 5.74) is 1.19. The summed E-state index contributed by atoms with van der Waals surface area (Å²) in [6.45, 7) is -0.0639. The van der Waals surface area contributed by atoms with Crippen LogP contribution in [0.2, 0.25) is 0 Å². The number of hydrogen-bond donors (Lipinski definition) is 1. The zero-order valence-corrected chi connectivity index (χ0v) is 15.5. The van der Waals surface area contributed by atoms with Gasteiger partial charge in [-0.25, -0.2) is 12.7 Å². The lowest BCUT2D eigenvalue weighted by Crippen LogP contribution is -2.48. The van der Waals surface area contributed by atoms with Crippen LogP contribution in [0.25, 0.3) is 0 Å². The van der Waals surface area contributed by atoms with Crippen molar-refractivity contribution in [3.05, 3.63) is 65.7 Å². The van der Waals surface area contributed by atoms with Gasteiger partial charge in [0.15, 0.2) is 0 Å². The quantitative estimate of drug-likeness (QED) is 0.855. The molecule has 0 bridgehead atoms. The molecule has 2 aliphatic rings. The van der Waals surface area contributed by atoms with E-state index in [4.69, 9.17) is 0 Å². The molecule has 0 aromatic heterocycles. The van der Waals surface area contributed by atoms with Crippen LogP contribution in [-0.4, -0.2) is 37.6 Å². The molecule has 2 aromatic rings. The Bertz CT molecular complexity index is 998. The number of nitrogens with one attached hydrogen (secondary N) is 1. The lowest BCUT2D eigenvalue weighted by atomic mass is 9.64. The second kappa shape index (κ2) is 6.49. The molecule has 0 atom stereocenters. The van der Waals surface area contributed by atoms with Crippen LogP contribution in [-0.2, 0) is 20.2 Å². The summed E-state index contributed by atoms with van der Waals surface area (Å²) < 4.78 is 25.7. The van der Waals surface area contributed by atoms with Gasteiger partial charge in [0.25, 0.3) is 15.9 Å². The molecule has 140 valence electrons. The fraction of sp³-hybridized carbons (Fsp3) is 0.300. The van der Waals surface area contributed by atoms with Crippen LogP contribution in [0.5, 0.6) is 0 Å². The summed E-state index contributed by atoms with van der Waals surface area (Å²) in [5, 5.41) is 2.84. The van der Waals surface area contributed by atoms with Gasteiger partial charge >= 0.3 is 0 Å². The molecule has 7 heteroatoms. The topological polar surface area (TPSA) is 83.6 Å². The Morgan fingerprint density at radius 1 is 1.04 bits per heavy atom. The van der Waals surface area contributed by atoms with E-state index in [0.717, 1.165) is 19.3 Å². The van der Waals surface area contributed by atoms with Crippen LogP contribution in [0.15, 0.2) is 59.5 Å². The fourth-order valence-corrected chi connectivity index (χ4v) is 5.33. The van der Waals surface area contributed by atoms with E-state index in [1.165, 1.54) is 17.7 Å². The molecule has 6 nitrogen and oxygen atoms in total. The Kier molecular flexibility index (Phi) is 4.26.